The molecule has 0 aromatic carbocycles. The first-order valence-electron chi connectivity index (χ1n) is 5.80. The zero-order valence-electron chi connectivity index (χ0n) is 10.6. The Hall–Kier alpha value is -2.09. The third kappa shape index (κ3) is 4.25. The highest BCUT2D eigenvalue weighted by Gasteiger charge is 2.09. The third-order valence-corrected chi connectivity index (χ3v) is 2.94. The lowest BCUT2D eigenvalue weighted by molar-refractivity contribution is 0.262. The molecule has 0 atom stereocenters. The average Bonchev–Trinajstić information content (AvgIpc) is 2.76. The second-order valence-corrected chi connectivity index (χ2v) is 5.33. The average molecular weight is 278 g/mol. The second-order valence-electron chi connectivity index (χ2n) is 4.27. The number of nitrogens with one attached hydrogen (secondary N) is 2. The molecular formula is C11H14N6OS. The van der Waals surface area contributed by atoms with Gasteiger partial charge in [-0.1, -0.05) is 25.2 Å². The van der Waals surface area contributed by atoms with Gasteiger partial charge in [-0.05, 0) is 5.92 Å². The van der Waals surface area contributed by atoms with Crippen molar-refractivity contribution < 1.29 is 4.79 Å². The zero-order chi connectivity index (χ0) is 13.7. The van der Waals surface area contributed by atoms with Crippen molar-refractivity contribution >= 4 is 28.3 Å². The molecule has 0 aliphatic carbocycles. The normalized spacial score (nSPS) is 10.5. The number of carbonyl (C=O) groups is 1. The summed E-state index contributed by atoms with van der Waals surface area (Å²) in [4.78, 5) is 19.5. The Balaban J connectivity index is 1.90. The van der Waals surface area contributed by atoms with Crippen molar-refractivity contribution in [3.05, 3.63) is 23.6 Å². The first-order valence-corrected chi connectivity index (χ1v) is 6.61. The lowest BCUT2D eigenvalue weighted by atomic mass is 10.1. The van der Waals surface area contributed by atoms with Gasteiger partial charge in [-0.3, -0.25) is 15.6 Å². The van der Waals surface area contributed by atoms with Gasteiger partial charge >= 0.3 is 6.03 Å². The van der Waals surface area contributed by atoms with Gasteiger partial charge in [0.15, 0.2) is 5.82 Å². The molecule has 2 aromatic heterocycles. The number of anilines is 2. The van der Waals surface area contributed by atoms with E-state index in [0.717, 1.165) is 11.4 Å². The largest absolute Gasteiger partial charge is 0.326 e. The Morgan fingerprint density at radius 3 is 2.84 bits per heavy atom. The highest BCUT2D eigenvalue weighted by molar-refractivity contribution is 7.15. The summed E-state index contributed by atoms with van der Waals surface area (Å²) in [6, 6.07) is -0.409. The van der Waals surface area contributed by atoms with Crippen LogP contribution in [-0.2, 0) is 6.42 Å². The van der Waals surface area contributed by atoms with Crippen molar-refractivity contribution in [2.24, 2.45) is 5.92 Å². The van der Waals surface area contributed by atoms with Crippen LogP contribution in [0.3, 0.4) is 0 Å². The molecule has 0 radical (unpaired) electrons. The molecule has 8 heteroatoms. The van der Waals surface area contributed by atoms with Crippen molar-refractivity contribution in [1.82, 2.24) is 20.2 Å². The van der Waals surface area contributed by atoms with E-state index >= 15 is 0 Å². The molecule has 2 heterocycles. The van der Waals surface area contributed by atoms with Gasteiger partial charge in [0.25, 0.3) is 0 Å². The van der Waals surface area contributed by atoms with Crippen LogP contribution in [0.5, 0.6) is 0 Å². The monoisotopic (exact) mass is 278 g/mol. The Bertz CT molecular complexity index is 541. The number of urea groups is 1. The van der Waals surface area contributed by atoms with E-state index in [0.29, 0.717) is 16.9 Å². The van der Waals surface area contributed by atoms with E-state index in [1.807, 2.05) is 0 Å². The van der Waals surface area contributed by atoms with Gasteiger partial charge in [-0.15, -0.1) is 10.2 Å². The van der Waals surface area contributed by atoms with Crippen molar-refractivity contribution in [2.75, 3.05) is 10.6 Å². The number of nitrogens with zero attached hydrogens (tertiary/aromatic N) is 4. The van der Waals surface area contributed by atoms with Gasteiger partial charge in [0.1, 0.15) is 5.01 Å². The minimum atomic E-state index is -0.409. The van der Waals surface area contributed by atoms with Gasteiger partial charge in [0, 0.05) is 18.8 Å². The minimum absolute atomic E-state index is 0.381. The van der Waals surface area contributed by atoms with Crippen LogP contribution in [0.2, 0.25) is 0 Å². The first-order chi connectivity index (χ1) is 9.13. The van der Waals surface area contributed by atoms with Gasteiger partial charge in [0.2, 0.25) is 5.13 Å². The van der Waals surface area contributed by atoms with Crippen LogP contribution in [0, 0.1) is 5.92 Å². The van der Waals surface area contributed by atoms with E-state index in [1.165, 1.54) is 29.9 Å². The fourth-order valence-electron chi connectivity index (χ4n) is 1.34. The van der Waals surface area contributed by atoms with Crippen LogP contribution in [0.4, 0.5) is 15.7 Å². The molecule has 0 fully saturated rings. The Labute approximate surface area is 114 Å². The van der Waals surface area contributed by atoms with Gasteiger partial charge < -0.3 is 0 Å². The van der Waals surface area contributed by atoms with Gasteiger partial charge in [-0.25, -0.2) is 9.78 Å². The maximum Gasteiger partial charge on any atom is 0.326 e. The molecule has 0 spiro atoms. The number of hydrogen-bond acceptors (Lipinski definition) is 6. The molecule has 0 saturated heterocycles. The Morgan fingerprint density at radius 1 is 1.32 bits per heavy atom. The van der Waals surface area contributed by atoms with Crippen LogP contribution < -0.4 is 10.6 Å². The van der Waals surface area contributed by atoms with E-state index < -0.39 is 6.03 Å². The Morgan fingerprint density at radius 2 is 2.16 bits per heavy atom. The molecule has 0 unspecified atom stereocenters. The summed E-state index contributed by atoms with van der Waals surface area (Å²) >= 11 is 1.37. The van der Waals surface area contributed by atoms with Crippen LogP contribution in [0.1, 0.15) is 18.9 Å². The molecular weight excluding hydrogens is 264 g/mol. The molecule has 0 aliphatic heterocycles. The number of aromatic nitrogens is 4. The van der Waals surface area contributed by atoms with E-state index in [4.69, 9.17) is 0 Å². The molecule has 0 bridgehead atoms. The number of carbonyl (C=O) groups excluding carboxylic acids is 1. The minimum Gasteiger partial charge on any atom is -0.291 e. The van der Waals surface area contributed by atoms with Crippen molar-refractivity contribution in [3.63, 3.8) is 0 Å². The summed E-state index contributed by atoms with van der Waals surface area (Å²) in [5.41, 5.74) is 0. The van der Waals surface area contributed by atoms with Gasteiger partial charge in [0.05, 0.1) is 6.20 Å². The highest BCUT2D eigenvalue weighted by atomic mass is 32.1. The quantitative estimate of drug-likeness (QED) is 0.894. The second kappa shape index (κ2) is 6.19. The molecule has 2 N–H and O–H groups in total. The van der Waals surface area contributed by atoms with Crippen LogP contribution >= 0.6 is 11.3 Å². The lowest BCUT2D eigenvalue weighted by Crippen LogP contribution is -2.20. The molecule has 2 aromatic rings. The molecule has 19 heavy (non-hydrogen) atoms. The zero-order valence-corrected chi connectivity index (χ0v) is 11.4. The predicted molar refractivity (Wildman–Crippen MR) is 73.1 cm³/mol. The fourth-order valence-corrected chi connectivity index (χ4v) is 2.29. The summed E-state index contributed by atoms with van der Waals surface area (Å²) in [5, 5.41) is 14.5. The van der Waals surface area contributed by atoms with Crippen LogP contribution in [0.25, 0.3) is 0 Å². The van der Waals surface area contributed by atoms with Crippen molar-refractivity contribution in [2.45, 2.75) is 20.3 Å². The molecule has 7 nitrogen and oxygen atoms in total. The highest BCUT2D eigenvalue weighted by Crippen LogP contribution is 2.18. The standard InChI is InChI=1S/C11H14N6OS/c1-7(2)5-9-16-17-11(19-9)15-10(18)14-8-6-12-3-4-13-8/h3-4,6-7H,5H2,1-2H3,(H2,13,14,15,17,18). The number of amides is 2. The summed E-state index contributed by atoms with van der Waals surface area (Å²) in [5.74, 6) is 0.890. The fraction of sp³-hybridized carbons (Fsp3) is 0.364. The number of hydrogen-bond donors (Lipinski definition) is 2. The van der Waals surface area contributed by atoms with E-state index in [1.54, 1.807) is 0 Å². The first kappa shape index (κ1) is 13.3. The molecule has 2 amide bonds. The maximum absolute atomic E-state index is 11.7. The summed E-state index contributed by atoms with van der Waals surface area (Å²) in [6.07, 6.45) is 5.35. The maximum atomic E-state index is 11.7. The summed E-state index contributed by atoms with van der Waals surface area (Å²) in [7, 11) is 0. The summed E-state index contributed by atoms with van der Waals surface area (Å²) < 4.78 is 0. The van der Waals surface area contributed by atoms with Crippen molar-refractivity contribution in [3.8, 4) is 0 Å². The van der Waals surface area contributed by atoms with E-state index in [2.05, 4.69) is 44.6 Å². The van der Waals surface area contributed by atoms with Crippen LogP contribution in [0.15, 0.2) is 18.6 Å². The topological polar surface area (TPSA) is 92.7 Å². The Kier molecular flexibility index (Phi) is 4.35. The lowest BCUT2D eigenvalue weighted by Gasteiger charge is -2.02. The van der Waals surface area contributed by atoms with E-state index in [9.17, 15) is 4.79 Å². The molecule has 100 valence electrons. The SMILES string of the molecule is CC(C)Cc1nnc(NC(=O)Nc2cnccn2)s1. The summed E-state index contributed by atoms with van der Waals surface area (Å²) in [6.45, 7) is 4.21. The number of rotatable bonds is 4. The molecule has 0 saturated carbocycles. The van der Waals surface area contributed by atoms with Crippen LogP contribution in [-0.4, -0.2) is 26.2 Å². The predicted octanol–water partition coefficient (Wildman–Crippen LogP) is 2.17. The van der Waals surface area contributed by atoms with Gasteiger partial charge in [-0.2, -0.15) is 0 Å². The van der Waals surface area contributed by atoms with E-state index in [-0.39, 0.29) is 0 Å². The smallest absolute Gasteiger partial charge is 0.291 e. The third-order valence-electron chi connectivity index (χ3n) is 2.07. The van der Waals surface area contributed by atoms with Crippen molar-refractivity contribution in [1.29, 1.82) is 0 Å². The molecule has 2 rings (SSSR count). The molecule has 0 aliphatic rings.